The van der Waals surface area contributed by atoms with Crippen molar-refractivity contribution in [2.75, 3.05) is 0 Å². The van der Waals surface area contributed by atoms with Crippen LogP contribution in [0.2, 0.25) is 0 Å². The fourth-order valence-corrected chi connectivity index (χ4v) is 3.04. The molecule has 0 saturated heterocycles. The zero-order chi connectivity index (χ0) is 18.3. The van der Waals surface area contributed by atoms with Crippen LogP contribution in [0.5, 0.6) is 0 Å². The predicted molar refractivity (Wildman–Crippen MR) is 84.5 cm³/mol. The van der Waals surface area contributed by atoms with E-state index in [0.717, 1.165) is 24.0 Å². The third-order valence-electron chi connectivity index (χ3n) is 4.26. The summed E-state index contributed by atoms with van der Waals surface area (Å²) in [5.74, 6) is -0.318. The molecule has 0 spiro atoms. The van der Waals surface area contributed by atoms with Crippen LogP contribution in [0.1, 0.15) is 52.4 Å². The Hall–Kier alpha value is -3.10. The monoisotopic (exact) mass is 360 g/mol. The minimum absolute atomic E-state index is 0.118. The number of oxazole rings is 1. The molecule has 1 N–H and O–H groups in total. The second-order valence-electron chi connectivity index (χ2n) is 5.98. The smallest absolute Gasteiger partial charge is 0.315 e. The molecule has 2 heterocycles. The van der Waals surface area contributed by atoms with Crippen molar-refractivity contribution < 1.29 is 22.5 Å². The molecule has 1 atom stereocenters. The Kier molecular flexibility index (Phi) is 3.98. The van der Waals surface area contributed by atoms with Crippen molar-refractivity contribution in [3.63, 3.8) is 0 Å². The van der Waals surface area contributed by atoms with Gasteiger partial charge in [0, 0.05) is 12.5 Å². The Morgan fingerprint density at radius 1 is 1.38 bits per heavy atom. The maximum absolute atomic E-state index is 12.6. The van der Waals surface area contributed by atoms with E-state index in [1.807, 2.05) is 12.1 Å². The van der Waals surface area contributed by atoms with Crippen LogP contribution in [-0.4, -0.2) is 21.0 Å². The maximum atomic E-state index is 12.6. The largest absolute Gasteiger partial charge is 0.436 e. The first-order valence-electron chi connectivity index (χ1n) is 7.99. The molecule has 0 radical (unpaired) electrons. The van der Waals surface area contributed by atoms with Gasteiger partial charge in [0.25, 0.3) is 11.8 Å². The highest BCUT2D eigenvalue weighted by Gasteiger charge is 2.26. The number of hydrogen-bond donors (Lipinski definition) is 1. The van der Waals surface area contributed by atoms with Crippen LogP contribution in [-0.2, 0) is 6.42 Å². The van der Waals surface area contributed by atoms with Crippen molar-refractivity contribution >= 4 is 5.91 Å². The fourth-order valence-electron chi connectivity index (χ4n) is 3.04. The number of amides is 1. The maximum Gasteiger partial charge on any atom is 0.315 e. The van der Waals surface area contributed by atoms with Crippen LogP contribution in [0.15, 0.2) is 33.3 Å². The summed E-state index contributed by atoms with van der Waals surface area (Å²) in [7, 11) is 0. The molecular weight excluding hydrogens is 346 g/mol. The summed E-state index contributed by atoms with van der Waals surface area (Å²) >= 11 is 0. The first-order valence-corrected chi connectivity index (χ1v) is 7.99. The van der Waals surface area contributed by atoms with Crippen LogP contribution in [0, 0.1) is 6.92 Å². The number of rotatable bonds is 4. The van der Waals surface area contributed by atoms with Crippen LogP contribution < -0.4 is 5.32 Å². The number of alkyl halides is 2. The first kappa shape index (κ1) is 16.4. The highest BCUT2D eigenvalue weighted by Crippen LogP contribution is 2.34. The van der Waals surface area contributed by atoms with E-state index in [1.54, 1.807) is 13.0 Å². The number of carbonyl (C=O) groups is 1. The number of nitrogens with one attached hydrogen (secondary N) is 1. The lowest BCUT2D eigenvalue weighted by Crippen LogP contribution is -2.26. The van der Waals surface area contributed by atoms with E-state index < -0.39 is 12.3 Å². The summed E-state index contributed by atoms with van der Waals surface area (Å²) in [4.78, 5) is 19.8. The Morgan fingerprint density at radius 2 is 2.23 bits per heavy atom. The number of benzene rings is 1. The molecule has 9 heteroatoms. The zero-order valence-electron chi connectivity index (χ0n) is 13.7. The lowest BCUT2D eigenvalue weighted by atomic mass is 10.0. The van der Waals surface area contributed by atoms with Crippen molar-refractivity contribution in [2.45, 2.75) is 32.2 Å². The minimum atomic E-state index is -2.80. The number of aryl methyl sites for hydroxylation is 2. The average Bonchev–Trinajstić information content (AvgIpc) is 3.34. The number of halogens is 2. The van der Waals surface area contributed by atoms with Crippen molar-refractivity contribution in [1.82, 2.24) is 20.4 Å². The number of carbonyl (C=O) groups excluding carboxylic acids is 1. The molecule has 4 rings (SSSR count). The van der Waals surface area contributed by atoms with Crippen molar-refractivity contribution in [2.24, 2.45) is 0 Å². The molecule has 1 aliphatic carbocycles. The average molecular weight is 360 g/mol. The Balaban J connectivity index is 1.53. The third kappa shape index (κ3) is 2.96. The van der Waals surface area contributed by atoms with Gasteiger partial charge < -0.3 is 14.3 Å². The quantitative estimate of drug-likeness (QED) is 0.766. The molecule has 1 aromatic carbocycles. The molecule has 0 bridgehead atoms. The van der Waals surface area contributed by atoms with Crippen LogP contribution >= 0.6 is 0 Å². The summed E-state index contributed by atoms with van der Waals surface area (Å²) in [6.07, 6.45) is 0.0560. The van der Waals surface area contributed by atoms with E-state index in [9.17, 15) is 13.6 Å². The third-order valence-corrected chi connectivity index (χ3v) is 4.26. The van der Waals surface area contributed by atoms with E-state index in [-0.39, 0.29) is 23.5 Å². The lowest BCUT2D eigenvalue weighted by Gasteiger charge is -2.13. The van der Waals surface area contributed by atoms with Crippen LogP contribution in [0.25, 0.3) is 11.4 Å². The van der Waals surface area contributed by atoms with E-state index in [1.165, 1.54) is 6.20 Å². The molecule has 1 unspecified atom stereocenters. The summed E-state index contributed by atoms with van der Waals surface area (Å²) in [6, 6.07) is 5.24. The van der Waals surface area contributed by atoms with Crippen molar-refractivity contribution in [1.29, 1.82) is 0 Å². The Labute approximate surface area is 146 Å². The Bertz CT molecular complexity index is 967. The topological polar surface area (TPSA) is 94.1 Å². The molecule has 134 valence electrons. The normalized spacial score (nSPS) is 16.1. The second kappa shape index (κ2) is 6.32. The summed E-state index contributed by atoms with van der Waals surface area (Å²) in [6.45, 7) is 1.67. The van der Waals surface area contributed by atoms with Crippen molar-refractivity contribution in [3.8, 4) is 11.4 Å². The number of hydrogen-bond acceptors (Lipinski definition) is 6. The molecule has 0 aliphatic heterocycles. The van der Waals surface area contributed by atoms with E-state index in [2.05, 4.69) is 25.0 Å². The molecule has 26 heavy (non-hydrogen) atoms. The standard InChI is InChI=1S/C17H14F2N4O3/c1-8-20-7-13(25-8)16(24)21-12-5-3-9-6-10(2-4-11(9)12)15-22-17(14(18)19)26-23-15/h2,4,6-7,12,14H,3,5H2,1H3,(H,21,24). The van der Waals surface area contributed by atoms with Gasteiger partial charge in [-0.05, 0) is 30.0 Å². The second-order valence-corrected chi connectivity index (χ2v) is 5.98. The predicted octanol–water partition coefficient (Wildman–Crippen LogP) is 3.39. The van der Waals surface area contributed by atoms with Gasteiger partial charge in [-0.25, -0.2) is 4.98 Å². The van der Waals surface area contributed by atoms with E-state index in [4.69, 9.17) is 4.42 Å². The van der Waals surface area contributed by atoms with Gasteiger partial charge in [0.1, 0.15) is 0 Å². The van der Waals surface area contributed by atoms with Crippen molar-refractivity contribution in [3.05, 3.63) is 53.1 Å². The van der Waals surface area contributed by atoms with Gasteiger partial charge in [-0.15, -0.1) is 0 Å². The van der Waals surface area contributed by atoms with Gasteiger partial charge in [-0.2, -0.15) is 13.8 Å². The number of fused-ring (bicyclic) bond motifs is 1. The van der Waals surface area contributed by atoms with E-state index >= 15 is 0 Å². The molecule has 0 saturated carbocycles. The summed E-state index contributed by atoms with van der Waals surface area (Å²) in [5.41, 5.74) is 2.57. The van der Waals surface area contributed by atoms with Gasteiger partial charge >= 0.3 is 6.43 Å². The molecule has 7 nitrogen and oxygen atoms in total. The minimum Gasteiger partial charge on any atom is -0.436 e. The highest BCUT2D eigenvalue weighted by atomic mass is 19.3. The van der Waals surface area contributed by atoms with E-state index in [0.29, 0.717) is 11.5 Å². The fraction of sp³-hybridized carbons (Fsp3) is 0.294. The van der Waals surface area contributed by atoms with Gasteiger partial charge in [0.15, 0.2) is 5.89 Å². The molecule has 1 amide bonds. The first-order chi connectivity index (χ1) is 12.5. The molecule has 1 aliphatic rings. The Morgan fingerprint density at radius 3 is 2.92 bits per heavy atom. The summed E-state index contributed by atoms with van der Waals surface area (Å²) in [5, 5.41) is 6.51. The molecule has 2 aromatic heterocycles. The van der Waals surface area contributed by atoms with Gasteiger partial charge in [-0.1, -0.05) is 17.3 Å². The van der Waals surface area contributed by atoms with Crippen LogP contribution in [0.3, 0.4) is 0 Å². The van der Waals surface area contributed by atoms with Gasteiger partial charge in [0.2, 0.25) is 11.6 Å². The SMILES string of the molecule is Cc1ncc(C(=O)NC2CCc3cc(-c4noc(C(F)F)n4)ccc32)o1. The van der Waals surface area contributed by atoms with Gasteiger partial charge in [-0.3, -0.25) is 4.79 Å². The lowest BCUT2D eigenvalue weighted by molar-refractivity contribution is 0.0907. The highest BCUT2D eigenvalue weighted by molar-refractivity contribution is 5.91. The van der Waals surface area contributed by atoms with Crippen LogP contribution in [0.4, 0.5) is 8.78 Å². The molecule has 0 fully saturated rings. The number of nitrogens with zero attached hydrogens (tertiary/aromatic N) is 3. The number of aromatic nitrogens is 3. The molecular formula is C17H14F2N4O3. The molecule has 3 aromatic rings. The van der Waals surface area contributed by atoms with Gasteiger partial charge in [0.05, 0.1) is 12.2 Å². The summed E-state index contributed by atoms with van der Waals surface area (Å²) < 4.78 is 34.9. The zero-order valence-corrected chi connectivity index (χ0v) is 13.7.